The van der Waals surface area contributed by atoms with Gasteiger partial charge in [0.05, 0.1) is 5.75 Å². The van der Waals surface area contributed by atoms with Gasteiger partial charge in [0.25, 0.3) is 0 Å². The Hall–Kier alpha value is -1.00. The van der Waals surface area contributed by atoms with E-state index in [1.54, 1.807) is 11.8 Å². The molecule has 0 aliphatic rings. The number of fused-ring (bicyclic) bond motifs is 1. The number of aliphatic hydroxyl groups is 1. The van der Waals surface area contributed by atoms with Gasteiger partial charge in [-0.3, -0.25) is 0 Å². The second kappa shape index (κ2) is 5.37. The van der Waals surface area contributed by atoms with E-state index in [0.717, 1.165) is 28.5 Å². The van der Waals surface area contributed by atoms with Crippen molar-refractivity contribution >= 4 is 22.9 Å². The van der Waals surface area contributed by atoms with Gasteiger partial charge in [0.2, 0.25) is 5.89 Å². The molecule has 1 aromatic carbocycles. The number of aromatic nitrogens is 1. The van der Waals surface area contributed by atoms with Gasteiger partial charge in [0.1, 0.15) is 5.52 Å². The average Bonchev–Trinajstić information content (AvgIpc) is 2.71. The van der Waals surface area contributed by atoms with Crippen LogP contribution in [0.25, 0.3) is 11.1 Å². The van der Waals surface area contributed by atoms with Gasteiger partial charge in [-0.25, -0.2) is 4.98 Å². The summed E-state index contributed by atoms with van der Waals surface area (Å²) in [6, 6.07) is 7.77. The Kier molecular flexibility index (Phi) is 3.85. The van der Waals surface area contributed by atoms with Gasteiger partial charge in [-0.1, -0.05) is 19.1 Å². The first-order chi connectivity index (χ1) is 7.79. The number of aliphatic hydroxyl groups excluding tert-OH is 1. The van der Waals surface area contributed by atoms with Gasteiger partial charge >= 0.3 is 0 Å². The van der Waals surface area contributed by atoms with Crippen molar-refractivity contribution in [1.29, 1.82) is 0 Å². The summed E-state index contributed by atoms with van der Waals surface area (Å²) < 4.78 is 5.59. The Morgan fingerprint density at radius 3 is 3.00 bits per heavy atom. The summed E-state index contributed by atoms with van der Waals surface area (Å²) in [6.45, 7) is 2.26. The Morgan fingerprint density at radius 2 is 2.25 bits per heavy atom. The molecule has 0 amide bonds. The molecule has 3 nitrogen and oxygen atoms in total. The van der Waals surface area contributed by atoms with Crippen LogP contribution in [0.5, 0.6) is 0 Å². The number of hydrogen-bond donors (Lipinski definition) is 1. The van der Waals surface area contributed by atoms with Crippen LogP contribution < -0.4 is 0 Å². The molecule has 0 aliphatic carbocycles. The fraction of sp³-hybridized carbons (Fsp3) is 0.417. The van der Waals surface area contributed by atoms with Gasteiger partial charge < -0.3 is 9.52 Å². The average molecular weight is 237 g/mol. The van der Waals surface area contributed by atoms with Crippen LogP contribution in [0, 0.1) is 5.92 Å². The van der Waals surface area contributed by atoms with Crippen LogP contribution in [-0.2, 0) is 5.75 Å². The number of benzene rings is 1. The van der Waals surface area contributed by atoms with Crippen molar-refractivity contribution in [2.24, 2.45) is 5.92 Å². The van der Waals surface area contributed by atoms with Crippen LogP contribution in [0.15, 0.2) is 28.7 Å². The molecule has 0 saturated heterocycles. The molecule has 0 unspecified atom stereocenters. The molecular formula is C12H15NO2S. The van der Waals surface area contributed by atoms with Gasteiger partial charge in [0.15, 0.2) is 5.58 Å². The Balaban J connectivity index is 1.94. The number of thioether (sulfide) groups is 1. The molecule has 1 heterocycles. The zero-order valence-corrected chi connectivity index (χ0v) is 10.0. The molecule has 16 heavy (non-hydrogen) atoms. The third-order valence-electron chi connectivity index (χ3n) is 2.28. The number of rotatable bonds is 5. The zero-order valence-electron chi connectivity index (χ0n) is 9.22. The lowest BCUT2D eigenvalue weighted by molar-refractivity contribution is 0.250. The highest BCUT2D eigenvalue weighted by Gasteiger charge is 2.06. The molecule has 86 valence electrons. The summed E-state index contributed by atoms with van der Waals surface area (Å²) in [5.74, 6) is 2.78. The largest absolute Gasteiger partial charge is 0.440 e. The van der Waals surface area contributed by atoms with Crippen molar-refractivity contribution in [3.05, 3.63) is 30.2 Å². The molecule has 0 saturated carbocycles. The molecular weight excluding hydrogens is 222 g/mol. The fourth-order valence-electron chi connectivity index (χ4n) is 1.38. The molecule has 4 heteroatoms. The normalized spacial score (nSPS) is 13.1. The SMILES string of the molecule is C[C@@H](CO)CSCc1nc2ccccc2o1. The van der Waals surface area contributed by atoms with E-state index in [1.807, 2.05) is 31.2 Å². The molecule has 2 aromatic rings. The summed E-state index contributed by atoms with van der Waals surface area (Å²) >= 11 is 1.74. The van der Waals surface area contributed by atoms with E-state index >= 15 is 0 Å². The van der Waals surface area contributed by atoms with Crippen LogP contribution in [0.3, 0.4) is 0 Å². The second-order valence-electron chi connectivity index (χ2n) is 3.88. The highest BCUT2D eigenvalue weighted by Crippen LogP contribution is 2.19. The molecule has 0 radical (unpaired) electrons. The van der Waals surface area contributed by atoms with E-state index in [0.29, 0.717) is 5.92 Å². The third kappa shape index (κ3) is 2.77. The maximum Gasteiger partial charge on any atom is 0.205 e. The summed E-state index contributed by atoms with van der Waals surface area (Å²) in [5.41, 5.74) is 1.75. The highest BCUT2D eigenvalue weighted by molar-refractivity contribution is 7.98. The first kappa shape index (κ1) is 11.5. The molecule has 0 aliphatic heterocycles. The minimum atomic E-state index is 0.237. The molecule has 1 aromatic heterocycles. The number of oxazole rings is 1. The van der Waals surface area contributed by atoms with E-state index in [-0.39, 0.29) is 6.61 Å². The minimum absolute atomic E-state index is 0.237. The number of nitrogens with zero attached hydrogens (tertiary/aromatic N) is 1. The summed E-state index contributed by atoms with van der Waals surface area (Å²) in [7, 11) is 0. The molecule has 0 spiro atoms. The lowest BCUT2D eigenvalue weighted by Gasteiger charge is -2.04. The third-order valence-corrected chi connectivity index (χ3v) is 3.53. The van der Waals surface area contributed by atoms with E-state index < -0.39 is 0 Å². The highest BCUT2D eigenvalue weighted by atomic mass is 32.2. The van der Waals surface area contributed by atoms with Crippen molar-refractivity contribution < 1.29 is 9.52 Å². The first-order valence-electron chi connectivity index (χ1n) is 5.32. The lowest BCUT2D eigenvalue weighted by atomic mass is 10.2. The first-order valence-corrected chi connectivity index (χ1v) is 6.48. The predicted octanol–water partition coefficient (Wildman–Crippen LogP) is 2.69. The summed E-state index contributed by atoms with van der Waals surface area (Å²) in [6.07, 6.45) is 0. The lowest BCUT2D eigenvalue weighted by Crippen LogP contribution is -2.03. The van der Waals surface area contributed by atoms with Crippen LogP contribution in [0.4, 0.5) is 0 Å². The van der Waals surface area contributed by atoms with E-state index in [2.05, 4.69) is 4.98 Å². The van der Waals surface area contributed by atoms with E-state index in [1.165, 1.54) is 0 Å². The van der Waals surface area contributed by atoms with Crippen molar-refractivity contribution in [3.8, 4) is 0 Å². The predicted molar refractivity (Wildman–Crippen MR) is 66.4 cm³/mol. The summed E-state index contributed by atoms with van der Waals surface area (Å²) in [4.78, 5) is 4.39. The molecule has 0 bridgehead atoms. The summed E-state index contributed by atoms with van der Waals surface area (Å²) in [5, 5.41) is 8.89. The molecule has 1 N–H and O–H groups in total. The van der Waals surface area contributed by atoms with E-state index in [4.69, 9.17) is 9.52 Å². The van der Waals surface area contributed by atoms with Gasteiger partial charge in [0, 0.05) is 6.61 Å². The molecule has 1 atom stereocenters. The Bertz CT molecular complexity index is 422. The maximum atomic E-state index is 8.89. The zero-order chi connectivity index (χ0) is 11.4. The fourth-order valence-corrected chi connectivity index (χ4v) is 2.31. The van der Waals surface area contributed by atoms with Crippen LogP contribution >= 0.6 is 11.8 Å². The number of para-hydroxylation sites is 2. The molecule has 2 rings (SSSR count). The van der Waals surface area contributed by atoms with Gasteiger partial charge in [-0.2, -0.15) is 11.8 Å². The standard InChI is InChI=1S/C12H15NO2S/c1-9(6-14)7-16-8-12-13-10-4-2-3-5-11(10)15-12/h2-5,9,14H,6-8H2,1H3/t9-/m0/s1. The van der Waals surface area contributed by atoms with Gasteiger partial charge in [-0.15, -0.1) is 0 Å². The Labute approximate surface area is 98.9 Å². The Morgan fingerprint density at radius 1 is 1.44 bits per heavy atom. The van der Waals surface area contributed by atoms with Crippen molar-refractivity contribution in [2.75, 3.05) is 12.4 Å². The smallest absolute Gasteiger partial charge is 0.205 e. The van der Waals surface area contributed by atoms with Crippen molar-refractivity contribution in [2.45, 2.75) is 12.7 Å². The topological polar surface area (TPSA) is 46.3 Å². The minimum Gasteiger partial charge on any atom is -0.440 e. The van der Waals surface area contributed by atoms with Crippen LogP contribution in [-0.4, -0.2) is 22.5 Å². The molecule has 0 fully saturated rings. The van der Waals surface area contributed by atoms with Crippen molar-refractivity contribution in [3.63, 3.8) is 0 Å². The van der Waals surface area contributed by atoms with Crippen molar-refractivity contribution in [1.82, 2.24) is 4.98 Å². The monoisotopic (exact) mass is 237 g/mol. The van der Waals surface area contributed by atoms with Crippen LogP contribution in [0.1, 0.15) is 12.8 Å². The number of hydrogen-bond acceptors (Lipinski definition) is 4. The van der Waals surface area contributed by atoms with Crippen LogP contribution in [0.2, 0.25) is 0 Å². The van der Waals surface area contributed by atoms with E-state index in [9.17, 15) is 0 Å². The maximum absolute atomic E-state index is 8.89. The van der Waals surface area contributed by atoms with Gasteiger partial charge in [-0.05, 0) is 23.8 Å². The quantitative estimate of drug-likeness (QED) is 0.868. The second-order valence-corrected chi connectivity index (χ2v) is 4.91.